The lowest BCUT2D eigenvalue weighted by atomic mass is 10.1. The molecule has 0 radical (unpaired) electrons. The number of nitrogens with zero attached hydrogens (tertiary/aromatic N) is 3. The number of hydrogen-bond acceptors (Lipinski definition) is 7. The molecule has 11 heteroatoms. The summed E-state index contributed by atoms with van der Waals surface area (Å²) in [7, 11) is 0. The normalized spacial score (nSPS) is 12.9. The first-order chi connectivity index (χ1) is 15.2. The number of anilines is 4. The molecule has 0 unspecified atom stereocenters. The van der Waals surface area contributed by atoms with Gasteiger partial charge in [-0.2, -0.15) is 13.2 Å². The molecule has 32 heavy (non-hydrogen) atoms. The summed E-state index contributed by atoms with van der Waals surface area (Å²) in [4.78, 5) is 24.4. The number of rotatable bonds is 5. The molecule has 0 spiro atoms. The molecular weight excluding hydrogens is 427 g/mol. The van der Waals surface area contributed by atoms with Gasteiger partial charge in [-0.15, -0.1) is 5.23 Å². The monoisotopic (exact) mass is 443 g/mol. The average molecular weight is 443 g/mol. The standard InChI is InChI=1S/C21H16F3N5O3/c1-2-18(30)26-14-5-3-4-12(8-14)19-16(21(22,23)24)10-25-20(28-19)27-15-7-6-13-11-32-29(31)17(13)9-15/h2-10,31H,1,11H2,(H,26,30)(H,25,27,28). The molecule has 3 N–H and O–H groups in total. The number of carbonyl (C=O) groups is 1. The van der Waals surface area contributed by atoms with Gasteiger partial charge in [0.25, 0.3) is 0 Å². The van der Waals surface area contributed by atoms with Gasteiger partial charge in [0.05, 0.1) is 5.69 Å². The van der Waals surface area contributed by atoms with Crippen molar-refractivity contribution in [2.75, 3.05) is 15.9 Å². The Bertz CT molecular complexity index is 1200. The highest BCUT2D eigenvalue weighted by atomic mass is 19.4. The quantitative estimate of drug-likeness (QED) is 0.493. The van der Waals surface area contributed by atoms with E-state index < -0.39 is 17.6 Å². The lowest BCUT2D eigenvalue weighted by Crippen LogP contribution is -2.12. The molecule has 0 bridgehead atoms. The van der Waals surface area contributed by atoms with Crippen molar-refractivity contribution in [1.29, 1.82) is 0 Å². The number of nitrogens with one attached hydrogen (secondary N) is 2. The van der Waals surface area contributed by atoms with Crippen molar-refractivity contribution in [2.24, 2.45) is 0 Å². The van der Waals surface area contributed by atoms with Crippen LogP contribution in [0.15, 0.2) is 61.3 Å². The number of amides is 1. The van der Waals surface area contributed by atoms with Crippen molar-refractivity contribution >= 4 is 28.9 Å². The fraction of sp³-hybridized carbons (Fsp3) is 0.0952. The Labute approximate surface area is 179 Å². The zero-order valence-corrected chi connectivity index (χ0v) is 16.3. The Morgan fingerprint density at radius 2 is 2.03 bits per heavy atom. The first-order valence-corrected chi connectivity index (χ1v) is 9.24. The molecule has 0 aliphatic carbocycles. The van der Waals surface area contributed by atoms with Gasteiger partial charge < -0.3 is 10.6 Å². The molecule has 1 aromatic heterocycles. The highest BCUT2D eigenvalue weighted by molar-refractivity contribution is 5.99. The van der Waals surface area contributed by atoms with Crippen LogP contribution in [-0.4, -0.2) is 21.1 Å². The zero-order valence-electron chi connectivity index (χ0n) is 16.3. The van der Waals surface area contributed by atoms with E-state index in [1.54, 1.807) is 18.2 Å². The lowest BCUT2D eigenvalue weighted by Gasteiger charge is -2.15. The van der Waals surface area contributed by atoms with Crippen LogP contribution >= 0.6 is 0 Å². The van der Waals surface area contributed by atoms with Crippen LogP contribution in [0.5, 0.6) is 0 Å². The zero-order chi connectivity index (χ0) is 22.9. The van der Waals surface area contributed by atoms with Crippen molar-refractivity contribution in [2.45, 2.75) is 12.8 Å². The minimum absolute atomic E-state index is 0.0862. The van der Waals surface area contributed by atoms with Crippen molar-refractivity contribution in [3.8, 4) is 11.3 Å². The second-order valence-corrected chi connectivity index (χ2v) is 6.74. The summed E-state index contributed by atoms with van der Waals surface area (Å²) in [6.45, 7) is 3.55. The van der Waals surface area contributed by atoms with Gasteiger partial charge in [-0.1, -0.05) is 24.8 Å². The van der Waals surface area contributed by atoms with Crippen LogP contribution in [0.25, 0.3) is 11.3 Å². The Balaban J connectivity index is 1.71. The lowest BCUT2D eigenvalue weighted by molar-refractivity contribution is -0.137. The van der Waals surface area contributed by atoms with Gasteiger partial charge >= 0.3 is 6.18 Å². The maximum absolute atomic E-state index is 13.6. The van der Waals surface area contributed by atoms with E-state index in [0.29, 0.717) is 22.8 Å². The molecule has 1 aliphatic rings. The molecule has 0 atom stereocenters. The molecule has 0 saturated heterocycles. The van der Waals surface area contributed by atoms with E-state index in [-0.39, 0.29) is 29.5 Å². The molecule has 2 heterocycles. The second kappa shape index (κ2) is 8.29. The molecule has 2 aromatic carbocycles. The van der Waals surface area contributed by atoms with Gasteiger partial charge in [0.15, 0.2) is 0 Å². The molecule has 164 valence electrons. The third-order valence-corrected chi connectivity index (χ3v) is 4.57. The third-order valence-electron chi connectivity index (χ3n) is 4.57. The van der Waals surface area contributed by atoms with Crippen LogP contribution in [0.2, 0.25) is 0 Å². The number of fused-ring (bicyclic) bond motifs is 1. The van der Waals surface area contributed by atoms with Crippen LogP contribution in [0.1, 0.15) is 11.1 Å². The van der Waals surface area contributed by atoms with Gasteiger partial charge in [0, 0.05) is 28.7 Å². The maximum Gasteiger partial charge on any atom is 0.419 e. The van der Waals surface area contributed by atoms with Crippen LogP contribution in [0.4, 0.5) is 36.2 Å². The first kappa shape index (κ1) is 21.3. The predicted molar refractivity (Wildman–Crippen MR) is 110 cm³/mol. The highest BCUT2D eigenvalue weighted by Gasteiger charge is 2.35. The minimum atomic E-state index is -4.70. The van der Waals surface area contributed by atoms with Gasteiger partial charge in [-0.25, -0.2) is 14.8 Å². The van der Waals surface area contributed by atoms with E-state index >= 15 is 0 Å². The first-order valence-electron chi connectivity index (χ1n) is 9.24. The van der Waals surface area contributed by atoms with Gasteiger partial charge in [0.2, 0.25) is 11.9 Å². The topological polar surface area (TPSA) is 99.6 Å². The Hall–Kier alpha value is -3.96. The van der Waals surface area contributed by atoms with Crippen LogP contribution in [-0.2, 0) is 22.4 Å². The summed E-state index contributed by atoms with van der Waals surface area (Å²) in [5.74, 6) is -0.585. The summed E-state index contributed by atoms with van der Waals surface area (Å²) >= 11 is 0. The number of hydrogen-bond donors (Lipinski definition) is 3. The Morgan fingerprint density at radius 1 is 1.22 bits per heavy atom. The highest BCUT2D eigenvalue weighted by Crippen LogP contribution is 2.37. The Kier molecular flexibility index (Phi) is 5.51. The van der Waals surface area contributed by atoms with Crippen molar-refractivity contribution < 1.29 is 28.0 Å². The van der Waals surface area contributed by atoms with E-state index in [1.165, 1.54) is 24.3 Å². The number of aromatic nitrogens is 2. The van der Waals surface area contributed by atoms with Crippen molar-refractivity contribution in [3.63, 3.8) is 0 Å². The van der Waals surface area contributed by atoms with Crippen LogP contribution in [0, 0.1) is 0 Å². The van der Waals surface area contributed by atoms with Gasteiger partial charge in [-0.3, -0.25) is 10.0 Å². The fourth-order valence-electron chi connectivity index (χ4n) is 3.08. The van der Waals surface area contributed by atoms with E-state index in [9.17, 15) is 23.2 Å². The second-order valence-electron chi connectivity index (χ2n) is 6.74. The van der Waals surface area contributed by atoms with Crippen LogP contribution < -0.4 is 15.9 Å². The molecule has 1 aliphatic heterocycles. The predicted octanol–water partition coefficient (Wildman–Crippen LogP) is 4.67. The van der Waals surface area contributed by atoms with E-state index in [0.717, 1.165) is 11.6 Å². The summed E-state index contributed by atoms with van der Waals surface area (Å²) < 4.78 is 40.9. The molecule has 4 rings (SSSR count). The summed E-state index contributed by atoms with van der Waals surface area (Å²) in [6, 6.07) is 10.8. The van der Waals surface area contributed by atoms with E-state index in [2.05, 4.69) is 27.2 Å². The number of alkyl halides is 3. The van der Waals surface area contributed by atoms with E-state index in [4.69, 9.17) is 4.84 Å². The average Bonchev–Trinajstić information content (AvgIpc) is 3.13. The number of carbonyl (C=O) groups excluding carboxylic acids is 1. The molecule has 3 aromatic rings. The van der Waals surface area contributed by atoms with Crippen LogP contribution in [0.3, 0.4) is 0 Å². The minimum Gasteiger partial charge on any atom is -0.324 e. The molecule has 0 saturated carbocycles. The molecule has 0 fully saturated rings. The van der Waals surface area contributed by atoms with Gasteiger partial charge in [0.1, 0.15) is 17.9 Å². The molecule has 8 nitrogen and oxygen atoms in total. The fourth-order valence-corrected chi connectivity index (χ4v) is 3.08. The van der Waals surface area contributed by atoms with Crippen molar-refractivity contribution in [3.05, 3.63) is 72.4 Å². The van der Waals surface area contributed by atoms with Gasteiger partial charge in [-0.05, 0) is 30.3 Å². The smallest absolute Gasteiger partial charge is 0.324 e. The molecule has 1 amide bonds. The summed E-state index contributed by atoms with van der Waals surface area (Å²) in [5.41, 5.74) is 0.602. The van der Waals surface area contributed by atoms with E-state index in [1.807, 2.05) is 0 Å². The number of benzene rings is 2. The molecular formula is C21H16F3N5O3. The van der Waals surface area contributed by atoms with Crippen molar-refractivity contribution in [1.82, 2.24) is 9.97 Å². The summed E-state index contributed by atoms with van der Waals surface area (Å²) in [6.07, 6.45) is -2.96. The maximum atomic E-state index is 13.6. The number of halogens is 3. The summed E-state index contributed by atoms with van der Waals surface area (Å²) in [5, 5.41) is 15.6. The largest absolute Gasteiger partial charge is 0.419 e. The Morgan fingerprint density at radius 3 is 2.78 bits per heavy atom. The third kappa shape index (κ3) is 4.38. The SMILES string of the molecule is C=CC(=O)Nc1cccc(-c2nc(Nc3ccc4c(c3)N(O)OC4)ncc2C(F)(F)F)c1.